The van der Waals surface area contributed by atoms with Crippen LogP contribution >= 0.6 is 35.3 Å². The third-order valence-corrected chi connectivity index (χ3v) is 5.49. The van der Waals surface area contributed by atoms with Gasteiger partial charge in [-0.15, -0.1) is 35.3 Å². The van der Waals surface area contributed by atoms with Gasteiger partial charge in [0.2, 0.25) is 0 Å². The lowest BCUT2D eigenvalue weighted by molar-refractivity contribution is 0.694. The highest BCUT2D eigenvalue weighted by Gasteiger charge is 2.06. The summed E-state index contributed by atoms with van der Waals surface area (Å²) < 4.78 is 2.20. The molecule has 0 saturated heterocycles. The summed E-state index contributed by atoms with van der Waals surface area (Å²) >= 11 is 1.71. The number of nitrogens with one attached hydrogen (secondary N) is 2. The van der Waals surface area contributed by atoms with Gasteiger partial charge in [0.25, 0.3) is 0 Å². The van der Waals surface area contributed by atoms with Crippen LogP contribution in [0.2, 0.25) is 0 Å². The average molecular weight is 524 g/mol. The Morgan fingerprint density at radius 1 is 1.17 bits per heavy atom. The van der Waals surface area contributed by atoms with E-state index in [4.69, 9.17) is 0 Å². The van der Waals surface area contributed by atoms with Crippen molar-refractivity contribution in [2.75, 3.05) is 13.1 Å². The Morgan fingerprint density at radius 2 is 1.97 bits per heavy atom. The van der Waals surface area contributed by atoms with Crippen molar-refractivity contribution in [3.05, 3.63) is 69.7 Å². The average Bonchev–Trinajstić information content (AvgIpc) is 3.26. The molecule has 6 nitrogen and oxygen atoms in total. The number of aliphatic imine (C=N–C) groups is 1. The van der Waals surface area contributed by atoms with Crippen LogP contribution in [-0.4, -0.2) is 33.6 Å². The van der Waals surface area contributed by atoms with Crippen molar-refractivity contribution in [3.8, 4) is 0 Å². The summed E-state index contributed by atoms with van der Waals surface area (Å²) in [5.74, 6) is 1.88. The van der Waals surface area contributed by atoms with Crippen LogP contribution < -0.4 is 10.6 Å². The molecule has 0 fully saturated rings. The van der Waals surface area contributed by atoms with Crippen molar-refractivity contribution in [1.82, 2.24) is 25.2 Å². The number of aryl methyl sites for hydroxylation is 2. The summed E-state index contributed by atoms with van der Waals surface area (Å²) in [5.41, 5.74) is 2.37. The normalized spacial score (nSPS) is 11.2. The number of thiazole rings is 1. The highest BCUT2D eigenvalue weighted by molar-refractivity contribution is 14.0. The second-order valence-corrected chi connectivity index (χ2v) is 7.87. The minimum atomic E-state index is 0. The van der Waals surface area contributed by atoms with Crippen LogP contribution in [0.5, 0.6) is 0 Å². The molecule has 3 rings (SSSR count). The molecule has 156 valence electrons. The minimum Gasteiger partial charge on any atom is -0.357 e. The maximum absolute atomic E-state index is 4.66. The number of hydrogen-bond donors (Lipinski definition) is 2. The largest absolute Gasteiger partial charge is 0.357 e. The van der Waals surface area contributed by atoms with Crippen LogP contribution in [0.15, 0.2) is 47.7 Å². The fourth-order valence-corrected chi connectivity index (χ4v) is 3.74. The number of aromatic nitrogens is 3. The van der Waals surface area contributed by atoms with Gasteiger partial charge in [-0.1, -0.05) is 30.3 Å². The number of benzene rings is 1. The Labute approximate surface area is 193 Å². The van der Waals surface area contributed by atoms with E-state index in [1.54, 1.807) is 11.3 Å². The monoisotopic (exact) mass is 524 g/mol. The molecule has 0 aliphatic heterocycles. The highest BCUT2D eigenvalue weighted by Crippen LogP contribution is 2.16. The molecule has 8 heteroatoms. The Balaban J connectivity index is 0.00000300. The second kappa shape index (κ2) is 11.9. The van der Waals surface area contributed by atoms with E-state index in [1.807, 2.05) is 25.4 Å². The van der Waals surface area contributed by atoms with Gasteiger partial charge in [0.1, 0.15) is 10.8 Å². The van der Waals surface area contributed by atoms with E-state index in [2.05, 4.69) is 68.3 Å². The van der Waals surface area contributed by atoms with Gasteiger partial charge in [-0.3, -0.25) is 0 Å². The lowest BCUT2D eigenvalue weighted by Crippen LogP contribution is -2.38. The van der Waals surface area contributed by atoms with Crippen molar-refractivity contribution in [2.45, 2.75) is 40.3 Å². The quantitative estimate of drug-likeness (QED) is 0.266. The van der Waals surface area contributed by atoms with Gasteiger partial charge in [0.05, 0.1) is 12.2 Å². The summed E-state index contributed by atoms with van der Waals surface area (Å²) in [5, 5.41) is 7.75. The zero-order valence-corrected chi connectivity index (χ0v) is 20.3. The Bertz CT molecular complexity index is 884. The van der Waals surface area contributed by atoms with Gasteiger partial charge in [0.15, 0.2) is 5.96 Å². The predicted octanol–water partition coefficient (Wildman–Crippen LogP) is 3.92. The number of hydrogen-bond acceptors (Lipinski definition) is 4. The molecule has 0 aliphatic rings. The van der Waals surface area contributed by atoms with Crippen LogP contribution in [0.1, 0.15) is 33.9 Å². The van der Waals surface area contributed by atoms with Crippen LogP contribution in [0.25, 0.3) is 0 Å². The van der Waals surface area contributed by atoms with Gasteiger partial charge in [0, 0.05) is 43.3 Å². The van der Waals surface area contributed by atoms with Gasteiger partial charge in [-0.2, -0.15) is 0 Å². The smallest absolute Gasteiger partial charge is 0.191 e. The topological polar surface area (TPSA) is 67.1 Å². The molecule has 2 heterocycles. The molecule has 0 aliphatic carbocycles. The van der Waals surface area contributed by atoms with Crippen molar-refractivity contribution in [1.29, 1.82) is 0 Å². The number of nitrogens with zero attached hydrogens (tertiary/aromatic N) is 4. The molecular weight excluding hydrogens is 495 g/mol. The van der Waals surface area contributed by atoms with E-state index in [-0.39, 0.29) is 24.0 Å². The first-order chi connectivity index (χ1) is 13.7. The number of rotatable bonds is 8. The summed E-state index contributed by atoms with van der Waals surface area (Å²) in [7, 11) is 0. The first-order valence-electron chi connectivity index (χ1n) is 9.64. The lowest BCUT2D eigenvalue weighted by Gasteiger charge is -2.12. The minimum absolute atomic E-state index is 0. The summed E-state index contributed by atoms with van der Waals surface area (Å²) in [6.45, 7) is 9.24. The van der Waals surface area contributed by atoms with Gasteiger partial charge in [-0.25, -0.2) is 15.0 Å². The molecule has 0 saturated carbocycles. The maximum atomic E-state index is 4.66. The molecule has 0 unspecified atom stereocenters. The molecule has 0 bridgehead atoms. The van der Waals surface area contributed by atoms with E-state index < -0.39 is 0 Å². The van der Waals surface area contributed by atoms with Gasteiger partial charge in [-0.05, 0) is 26.3 Å². The molecule has 0 spiro atoms. The van der Waals surface area contributed by atoms with E-state index in [0.29, 0.717) is 6.54 Å². The van der Waals surface area contributed by atoms with Crippen molar-refractivity contribution in [2.24, 2.45) is 4.99 Å². The predicted molar refractivity (Wildman–Crippen MR) is 131 cm³/mol. The van der Waals surface area contributed by atoms with E-state index >= 15 is 0 Å². The highest BCUT2D eigenvalue weighted by atomic mass is 127. The fourth-order valence-electron chi connectivity index (χ4n) is 2.88. The SMILES string of the molecule is CCNC(=NCc1nc(C)c(C)s1)NCCc1nccn1Cc1ccccc1.I. The standard InChI is InChI=1S/C21H28N6S.HI/c1-4-22-21(25-14-20-26-16(2)17(3)28-20)24-11-10-19-23-12-13-27(19)15-18-8-6-5-7-9-18;/h5-9,12-13H,4,10-11,14-15H2,1-3H3,(H2,22,24,25);1H. The first-order valence-corrected chi connectivity index (χ1v) is 10.5. The molecule has 2 N–H and O–H groups in total. The van der Waals surface area contributed by atoms with Gasteiger partial charge >= 0.3 is 0 Å². The molecule has 0 atom stereocenters. The van der Waals surface area contributed by atoms with E-state index in [0.717, 1.165) is 48.5 Å². The number of halogens is 1. The summed E-state index contributed by atoms with van der Waals surface area (Å²) in [4.78, 5) is 15.0. The molecule has 2 aromatic heterocycles. The first kappa shape index (κ1) is 23.3. The zero-order chi connectivity index (χ0) is 19.8. The molecule has 29 heavy (non-hydrogen) atoms. The maximum Gasteiger partial charge on any atom is 0.191 e. The molecule has 0 amide bonds. The third-order valence-electron chi connectivity index (χ3n) is 4.43. The van der Waals surface area contributed by atoms with Crippen molar-refractivity contribution in [3.63, 3.8) is 0 Å². The number of imidazole rings is 1. The zero-order valence-electron chi connectivity index (χ0n) is 17.2. The fraction of sp³-hybridized carbons (Fsp3) is 0.381. The molecule has 1 aromatic carbocycles. The van der Waals surface area contributed by atoms with Crippen LogP contribution in [0.3, 0.4) is 0 Å². The summed E-state index contributed by atoms with van der Waals surface area (Å²) in [6.07, 6.45) is 4.74. The summed E-state index contributed by atoms with van der Waals surface area (Å²) in [6, 6.07) is 10.5. The third kappa shape index (κ3) is 7.11. The van der Waals surface area contributed by atoms with Crippen molar-refractivity contribution >= 4 is 41.3 Å². The Morgan fingerprint density at radius 3 is 2.66 bits per heavy atom. The second-order valence-electron chi connectivity index (χ2n) is 6.58. The molecular formula is C21H29IN6S. The van der Waals surface area contributed by atoms with Crippen LogP contribution in [0, 0.1) is 13.8 Å². The Kier molecular flexibility index (Phi) is 9.59. The number of guanidine groups is 1. The molecule has 0 radical (unpaired) electrons. The Hall–Kier alpha value is -1.94. The molecule has 3 aromatic rings. The van der Waals surface area contributed by atoms with Crippen LogP contribution in [0.4, 0.5) is 0 Å². The van der Waals surface area contributed by atoms with Crippen molar-refractivity contribution < 1.29 is 0 Å². The van der Waals surface area contributed by atoms with E-state index in [1.165, 1.54) is 10.4 Å². The van der Waals surface area contributed by atoms with Crippen LogP contribution in [-0.2, 0) is 19.5 Å². The van der Waals surface area contributed by atoms with Gasteiger partial charge < -0.3 is 15.2 Å². The van der Waals surface area contributed by atoms with E-state index in [9.17, 15) is 0 Å². The lowest BCUT2D eigenvalue weighted by atomic mass is 10.2.